The van der Waals surface area contributed by atoms with Crippen LogP contribution in [0.4, 0.5) is 0 Å². The maximum Gasteiger partial charge on any atom is 0.335 e. The summed E-state index contributed by atoms with van der Waals surface area (Å²) in [6.07, 6.45) is 0. The normalized spacial score (nSPS) is 9.77. The zero-order valence-corrected chi connectivity index (χ0v) is 8.05. The number of aryl methyl sites for hydroxylation is 1. The van der Waals surface area contributed by atoms with E-state index in [0.29, 0.717) is 16.3 Å². The van der Waals surface area contributed by atoms with E-state index in [9.17, 15) is 4.79 Å². The van der Waals surface area contributed by atoms with Crippen LogP contribution in [0.1, 0.15) is 15.9 Å². The Balaban J connectivity index is 3.30. The molecule has 1 aromatic carbocycles. The van der Waals surface area contributed by atoms with Gasteiger partial charge in [-0.1, -0.05) is 11.6 Å². The third-order valence-electron chi connectivity index (χ3n) is 1.69. The summed E-state index contributed by atoms with van der Waals surface area (Å²) < 4.78 is 4.92. The molecule has 0 saturated heterocycles. The molecule has 0 aliphatic heterocycles. The number of carbonyl (C=O) groups is 1. The number of hydrogen-bond donors (Lipinski definition) is 1. The maximum absolute atomic E-state index is 10.6. The summed E-state index contributed by atoms with van der Waals surface area (Å²) in [5, 5.41) is 9.17. The van der Waals surface area contributed by atoms with E-state index in [2.05, 4.69) is 0 Å². The highest BCUT2D eigenvalue weighted by molar-refractivity contribution is 6.33. The number of halogens is 1. The largest absolute Gasteiger partial charge is 0.495 e. The van der Waals surface area contributed by atoms with Crippen LogP contribution < -0.4 is 4.74 Å². The Morgan fingerprint density at radius 3 is 2.62 bits per heavy atom. The zero-order valence-electron chi connectivity index (χ0n) is 7.30. The van der Waals surface area contributed by atoms with Crippen molar-refractivity contribution in [3.63, 3.8) is 0 Å². The zero-order chi connectivity index (χ0) is 10.0. The van der Waals surface area contributed by atoms with Crippen LogP contribution in [-0.4, -0.2) is 18.2 Å². The quantitative estimate of drug-likeness (QED) is 0.797. The number of aromatic carboxylic acids is 1. The second-order valence-corrected chi connectivity index (χ2v) is 2.99. The van der Waals surface area contributed by atoms with E-state index in [1.54, 1.807) is 6.92 Å². The van der Waals surface area contributed by atoms with Crippen molar-refractivity contribution < 1.29 is 14.6 Å². The molecule has 0 unspecified atom stereocenters. The standard InChI is InChI=1S/C9H9ClO3/c1-5-3-6(9(11)12)4-7(13-2)8(5)10/h3-4H,1-2H3,(H,11,12). The van der Waals surface area contributed by atoms with E-state index >= 15 is 0 Å². The second kappa shape index (κ2) is 3.66. The predicted octanol–water partition coefficient (Wildman–Crippen LogP) is 2.36. The SMILES string of the molecule is COc1cc(C(=O)O)cc(C)c1Cl. The third kappa shape index (κ3) is 1.92. The molecule has 13 heavy (non-hydrogen) atoms. The molecule has 4 heteroatoms. The molecule has 0 bridgehead atoms. The van der Waals surface area contributed by atoms with Crippen LogP contribution in [0.5, 0.6) is 5.75 Å². The highest BCUT2D eigenvalue weighted by Crippen LogP contribution is 2.29. The molecule has 0 aromatic heterocycles. The van der Waals surface area contributed by atoms with Gasteiger partial charge in [0.1, 0.15) is 5.75 Å². The van der Waals surface area contributed by atoms with Gasteiger partial charge in [0.05, 0.1) is 17.7 Å². The van der Waals surface area contributed by atoms with Gasteiger partial charge >= 0.3 is 5.97 Å². The van der Waals surface area contributed by atoms with Crippen molar-refractivity contribution in [3.8, 4) is 5.75 Å². The van der Waals surface area contributed by atoms with Crippen LogP contribution in [0.3, 0.4) is 0 Å². The summed E-state index contributed by atoms with van der Waals surface area (Å²) in [6.45, 7) is 1.73. The van der Waals surface area contributed by atoms with E-state index in [1.807, 2.05) is 0 Å². The van der Waals surface area contributed by atoms with Gasteiger partial charge in [-0.05, 0) is 24.6 Å². The first-order valence-corrected chi connectivity index (χ1v) is 4.01. The first-order chi connectivity index (χ1) is 6.06. The van der Waals surface area contributed by atoms with Gasteiger partial charge in [0.15, 0.2) is 0 Å². The molecular weight excluding hydrogens is 192 g/mol. The lowest BCUT2D eigenvalue weighted by atomic mass is 10.1. The molecule has 1 rings (SSSR count). The summed E-state index contributed by atoms with van der Waals surface area (Å²) in [4.78, 5) is 10.6. The van der Waals surface area contributed by atoms with Gasteiger partial charge in [-0.25, -0.2) is 4.79 Å². The second-order valence-electron chi connectivity index (χ2n) is 2.61. The highest BCUT2D eigenvalue weighted by atomic mass is 35.5. The number of benzene rings is 1. The fourth-order valence-electron chi connectivity index (χ4n) is 1.01. The van der Waals surface area contributed by atoms with Gasteiger partial charge in [0, 0.05) is 0 Å². The van der Waals surface area contributed by atoms with Gasteiger partial charge in [0.2, 0.25) is 0 Å². The summed E-state index contributed by atoms with van der Waals surface area (Å²) in [5.74, 6) is -0.600. The Labute approximate surface area is 80.9 Å². The van der Waals surface area contributed by atoms with Gasteiger partial charge in [0.25, 0.3) is 0 Å². The van der Waals surface area contributed by atoms with E-state index in [4.69, 9.17) is 21.4 Å². The fraction of sp³-hybridized carbons (Fsp3) is 0.222. The summed E-state index contributed by atoms with van der Waals surface area (Å²) in [5.41, 5.74) is 0.872. The lowest BCUT2D eigenvalue weighted by molar-refractivity contribution is 0.0696. The van der Waals surface area contributed by atoms with Gasteiger partial charge < -0.3 is 9.84 Å². The van der Waals surface area contributed by atoms with Crippen molar-refractivity contribution in [1.82, 2.24) is 0 Å². The number of methoxy groups -OCH3 is 1. The fourth-order valence-corrected chi connectivity index (χ4v) is 1.20. The van der Waals surface area contributed by atoms with E-state index < -0.39 is 5.97 Å². The van der Waals surface area contributed by atoms with Crippen molar-refractivity contribution in [1.29, 1.82) is 0 Å². The molecule has 3 nitrogen and oxygen atoms in total. The Morgan fingerprint density at radius 2 is 2.15 bits per heavy atom. The minimum absolute atomic E-state index is 0.179. The Bertz CT molecular complexity index is 347. The average Bonchev–Trinajstić information content (AvgIpc) is 2.09. The van der Waals surface area contributed by atoms with Crippen molar-refractivity contribution in [2.45, 2.75) is 6.92 Å². The lowest BCUT2D eigenvalue weighted by Crippen LogP contribution is -1.98. The summed E-state index contributed by atoms with van der Waals surface area (Å²) in [7, 11) is 1.45. The smallest absolute Gasteiger partial charge is 0.335 e. The number of rotatable bonds is 2. The molecule has 1 aromatic rings. The summed E-state index contributed by atoms with van der Waals surface area (Å²) in [6, 6.07) is 2.91. The lowest BCUT2D eigenvalue weighted by Gasteiger charge is -2.06. The minimum Gasteiger partial charge on any atom is -0.495 e. The number of carboxylic acids is 1. The number of hydrogen-bond acceptors (Lipinski definition) is 2. The van der Waals surface area contributed by atoms with E-state index in [0.717, 1.165) is 0 Å². The first kappa shape index (κ1) is 9.86. The van der Waals surface area contributed by atoms with Crippen LogP contribution in [0.25, 0.3) is 0 Å². The van der Waals surface area contributed by atoms with E-state index in [-0.39, 0.29) is 5.56 Å². The third-order valence-corrected chi connectivity index (χ3v) is 2.17. The van der Waals surface area contributed by atoms with Crippen molar-refractivity contribution in [2.75, 3.05) is 7.11 Å². The van der Waals surface area contributed by atoms with Crippen LogP contribution in [0, 0.1) is 6.92 Å². The van der Waals surface area contributed by atoms with Crippen molar-refractivity contribution in [2.24, 2.45) is 0 Å². The maximum atomic E-state index is 10.6. The highest BCUT2D eigenvalue weighted by Gasteiger charge is 2.10. The number of ether oxygens (including phenoxy) is 1. The monoisotopic (exact) mass is 200 g/mol. The van der Waals surface area contributed by atoms with Crippen molar-refractivity contribution >= 4 is 17.6 Å². The molecule has 0 atom stereocenters. The molecule has 0 aliphatic rings. The minimum atomic E-state index is -0.988. The molecular formula is C9H9ClO3. The molecule has 70 valence electrons. The molecule has 0 spiro atoms. The number of carboxylic acid groups (broad SMARTS) is 1. The topological polar surface area (TPSA) is 46.5 Å². The van der Waals surface area contributed by atoms with Gasteiger partial charge in [-0.3, -0.25) is 0 Å². The van der Waals surface area contributed by atoms with Gasteiger partial charge in [-0.2, -0.15) is 0 Å². The van der Waals surface area contributed by atoms with Crippen LogP contribution >= 0.6 is 11.6 Å². The average molecular weight is 201 g/mol. The Hall–Kier alpha value is -1.22. The van der Waals surface area contributed by atoms with Crippen LogP contribution in [0.15, 0.2) is 12.1 Å². The Kier molecular flexibility index (Phi) is 2.78. The molecule has 0 fully saturated rings. The van der Waals surface area contributed by atoms with Crippen molar-refractivity contribution in [3.05, 3.63) is 28.3 Å². The molecule has 0 amide bonds. The Morgan fingerprint density at radius 1 is 1.54 bits per heavy atom. The molecule has 0 heterocycles. The first-order valence-electron chi connectivity index (χ1n) is 3.63. The van der Waals surface area contributed by atoms with Crippen LogP contribution in [-0.2, 0) is 0 Å². The molecule has 0 saturated carbocycles. The van der Waals surface area contributed by atoms with Crippen LogP contribution in [0.2, 0.25) is 5.02 Å². The molecule has 0 radical (unpaired) electrons. The van der Waals surface area contributed by atoms with Gasteiger partial charge in [-0.15, -0.1) is 0 Å². The molecule has 0 aliphatic carbocycles. The summed E-state index contributed by atoms with van der Waals surface area (Å²) >= 11 is 5.85. The predicted molar refractivity (Wildman–Crippen MR) is 49.7 cm³/mol. The van der Waals surface area contributed by atoms with E-state index in [1.165, 1.54) is 19.2 Å². The molecule has 1 N–H and O–H groups in total.